The molecule has 2 aromatic rings. The van der Waals surface area contributed by atoms with Gasteiger partial charge in [-0.15, -0.1) is 0 Å². The Bertz CT molecular complexity index is 875. The predicted molar refractivity (Wildman–Crippen MR) is 93.5 cm³/mol. The van der Waals surface area contributed by atoms with Crippen molar-refractivity contribution < 1.29 is 22.8 Å². The van der Waals surface area contributed by atoms with Crippen molar-refractivity contribution in [1.82, 2.24) is 9.88 Å². The number of hydrogen-bond donors (Lipinski definition) is 1. The molecule has 0 saturated carbocycles. The van der Waals surface area contributed by atoms with Gasteiger partial charge in [0, 0.05) is 24.3 Å². The smallest absolute Gasteiger partial charge is 0.339 e. The molecule has 1 N–H and O–H groups in total. The molecule has 1 aliphatic rings. The molecule has 1 saturated heterocycles. The van der Waals surface area contributed by atoms with E-state index in [2.05, 4.69) is 10.3 Å². The summed E-state index contributed by atoms with van der Waals surface area (Å²) < 4.78 is 38.1. The van der Waals surface area contributed by atoms with E-state index >= 15 is 0 Å². The van der Waals surface area contributed by atoms with Crippen molar-refractivity contribution in [2.75, 3.05) is 18.4 Å². The van der Waals surface area contributed by atoms with Crippen molar-refractivity contribution in [2.24, 2.45) is 0 Å². The first-order valence-corrected chi connectivity index (χ1v) is 8.51. The number of hydrogen-bond acceptors (Lipinski definition) is 3. The van der Waals surface area contributed by atoms with Gasteiger partial charge in [0.1, 0.15) is 5.69 Å². The van der Waals surface area contributed by atoms with Gasteiger partial charge < -0.3 is 10.2 Å². The number of benzene rings is 1. The molecule has 0 unspecified atom stereocenters. The minimum Gasteiger partial charge on any atom is -0.339 e. The molecule has 1 aromatic carbocycles. The van der Waals surface area contributed by atoms with Crippen LogP contribution in [0.4, 0.5) is 18.9 Å². The molecule has 0 radical (unpaired) electrons. The van der Waals surface area contributed by atoms with E-state index in [1.54, 1.807) is 29.2 Å². The van der Waals surface area contributed by atoms with Crippen LogP contribution < -0.4 is 5.32 Å². The molecule has 0 atom stereocenters. The van der Waals surface area contributed by atoms with E-state index in [-0.39, 0.29) is 17.2 Å². The number of amides is 2. The molecule has 2 heterocycles. The maximum absolute atomic E-state index is 12.7. The summed E-state index contributed by atoms with van der Waals surface area (Å²) in [5.41, 5.74) is -0.179. The van der Waals surface area contributed by atoms with Gasteiger partial charge in [-0.2, -0.15) is 13.2 Å². The molecule has 0 aliphatic carbocycles. The van der Waals surface area contributed by atoms with E-state index in [0.29, 0.717) is 24.3 Å². The monoisotopic (exact) mass is 377 g/mol. The van der Waals surface area contributed by atoms with Crippen LogP contribution in [0.2, 0.25) is 0 Å². The molecule has 0 bridgehead atoms. The number of nitrogens with one attached hydrogen (secondary N) is 1. The zero-order valence-corrected chi connectivity index (χ0v) is 14.6. The van der Waals surface area contributed by atoms with E-state index in [0.717, 1.165) is 25.0 Å². The number of carbonyl (C=O) groups excluding carboxylic acids is 2. The Morgan fingerprint density at radius 2 is 1.81 bits per heavy atom. The summed E-state index contributed by atoms with van der Waals surface area (Å²) in [6.07, 6.45) is -2.62. The fourth-order valence-electron chi connectivity index (χ4n) is 2.99. The van der Waals surface area contributed by atoms with Gasteiger partial charge in [0.2, 0.25) is 0 Å². The third-order valence-electron chi connectivity index (χ3n) is 4.38. The lowest BCUT2D eigenvalue weighted by atomic mass is 10.1. The minimum absolute atomic E-state index is 0.0216. The van der Waals surface area contributed by atoms with Gasteiger partial charge in [-0.25, -0.2) is 4.98 Å². The van der Waals surface area contributed by atoms with Gasteiger partial charge in [-0.3, -0.25) is 9.59 Å². The van der Waals surface area contributed by atoms with Gasteiger partial charge in [-0.1, -0.05) is 6.07 Å². The number of aryl methyl sites for hydroxylation is 1. The van der Waals surface area contributed by atoms with Crippen LogP contribution in [0.15, 0.2) is 36.4 Å². The fraction of sp³-hybridized carbons (Fsp3) is 0.316. The summed E-state index contributed by atoms with van der Waals surface area (Å²) >= 11 is 0. The molecule has 1 aliphatic heterocycles. The first-order valence-electron chi connectivity index (χ1n) is 8.51. The molecule has 5 nitrogen and oxygen atoms in total. The third kappa shape index (κ3) is 4.27. The zero-order valence-electron chi connectivity index (χ0n) is 14.6. The van der Waals surface area contributed by atoms with E-state index in [9.17, 15) is 22.8 Å². The van der Waals surface area contributed by atoms with E-state index < -0.39 is 17.8 Å². The number of halogens is 3. The highest BCUT2D eigenvalue weighted by molar-refractivity contribution is 6.05. The zero-order chi connectivity index (χ0) is 19.6. The summed E-state index contributed by atoms with van der Waals surface area (Å²) in [6, 6.07) is 8.36. The number of pyridine rings is 1. The van der Waals surface area contributed by atoms with Gasteiger partial charge in [0.25, 0.3) is 11.8 Å². The second-order valence-corrected chi connectivity index (χ2v) is 6.36. The van der Waals surface area contributed by atoms with Crippen molar-refractivity contribution in [3.63, 3.8) is 0 Å². The Balaban J connectivity index is 1.76. The molecule has 1 fully saturated rings. The van der Waals surface area contributed by atoms with Crippen molar-refractivity contribution in [1.29, 1.82) is 0 Å². The maximum Gasteiger partial charge on any atom is 0.433 e. The van der Waals surface area contributed by atoms with Crippen molar-refractivity contribution in [2.45, 2.75) is 25.9 Å². The van der Waals surface area contributed by atoms with Crippen LogP contribution in [-0.2, 0) is 6.18 Å². The molecule has 1 aromatic heterocycles. The lowest BCUT2D eigenvalue weighted by Crippen LogP contribution is -2.27. The average molecular weight is 377 g/mol. The van der Waals surface area contributed by atoms with Crippen LogP contribution >= 0.6 is 0 Å². The van der Waals surface area contributed by atoms with Gasteiger partial charge in [-0.05, 0) is 50.1 Å². The highest BCUT2D eigenvalue weighted by atomic mass is 19.4. The number of carbonyl (C=O) groups is 2. The molecule has 8 heteroatoms. The van der Waals surface area contributed by atoms with Crippen LogP contribution in [0.5, 0.6) is 0 Å². The number of aromatic nitrogens is 1. The van der Waals surface area contributed by atoms with Gasteiger partial charge in [0.05, 0.1) is 11.3 Å². The van der Waals surface area contributed by atoms with Gasteiger partial charge >= 0.3 is 6.18 Å². The van der Waals surface area contributed by atoms with Crippen molar-refractivity contribution in [3.8, 4) is 0 Å². The predicted octanol–water partition coefficient (Wildman–Crippen LogP) is 3.90. The summed E-state index contributed by atoms with van der Waals surface area (Å²) in [7, 11) is 0. The fourth-order valence-corrected chi connectivity index (χ4v) is 2.99. The lowest BCUT2D eigenvalue weighted by Gasteiger charge is -2.16. The Morgan fingerprint density at radius 3 is 2.44 bits per heavy atom. The number of rotatable bonds is 3. The molecule has 0 spiro atoms. The largest absolute Gasteiger partial charge is 0.433 e. The summed E-state index contributed by atoms with van der Waals surface area (Å²) in [4.78, 5) is 30.1. The molecule has 27 heavy (non-hydrogen) atoms. The highest BCUT2D eigenvalue weighted by Crippen LogP contribution is 2.28. The van der Waals surface area contributed by atoms with Crippen LogP contribution in [-0.4, -0.2) is 34.8 Å². The van der Waals surface area contributed by atoms with Crippen LogP contribution in [0, 0.1) is 6.92 Å². The summed E-state index contributed by atoms with van der Waals surface area (Å²) in [5, 5.41) is 2.61. The average Bonchev–Trinajstić information content (AvgIpc) is 3.15. The Morgan fingerprint density at radius 1 is 1.11 bits per heavy atom. The normalized spacial score (nSPS) is 14.3. The van der Waals surface area contributed by atoms with E-state index in [1.165, 1.54) is 6.92 Å². The molecule has 3 rings (SSSR count). The van der Waals surface area contributed by atoms with E-state index in [1.807, 2.05) is 0 Å². The summed E-state index contributed by atoms with van der Waals surface area (Å²) in [5.74, 6) is -0.685. The second kappa shape index (κ2) is 7.38. The SMILES string of the molecule is Cc1nc(C(F)(F)F)ccc1C(=O)Nc1cccc(C(=O)N2CCCC2)c1. The first-order chi connectivity index (χ1) is 12.8. The Labute approximate surface area is 154 Å². The maximum atomic E-state index is 12.7. The molecule has 2 amide bonds. The standard InChI is InChI=1S/C19H18F3N3O2/c1-12-15(7-8-16(23-12)19(20,21)22)17(26)24-14-6-4-5-13(11-14)18(27)25-9-2-3-10-25/h4-8,11H,2-3,9-10H2,1H3,(H,24,26). The number of likely N-dealkylation sites (tertiary alicyclic amines) is 1. The lowest BCUT2D eigenvalue weighted by molar-refractivity contribution is -0.141. The second-order valence-electron chi connectivity index (χ2n) is 6.36. The Hall–Kier alpha value is -2.90. The molecule has 142 valence electrons. The van der Waals surface area contributed by atoms with Crippen molar-refractivity contribution in [3.05, 3.63) is 58.9 Å². The third-order valence-corrected chi connectivity index (χ3v) is 4.38. The number of nitrogens with zero attached hydrogens (tertiary/aromatic N) is 2. The van der Waals surface area contributed by atoms with Crippen molar-refractivity contribution >= 4 is 17.5 Å². The summed E-state index contributed by atoms with van der Waals surface area (Å²) in [6.45, 7) is 2.77. The Kier molecular flexibility index (Phi) is 5.16. The minimum atomic E-state index is -4.57. The van der Waals surface area contributed by atoms with Crippen LogP contribution in [0.3, 0.4) is 0 Å². The topological polar surface area (TPSA) is 62.3 Å². The highest BCUT2D eigenvalue weighted by Gasteiger charge is 2.33. The quantitative estimate of drug-likeness (QED) is 0.883. The number of alkyl halides is 3. The molecular weight excluding hydrogens is 359 g/mol. The van der Waals surface area contributed by atoms with Gasteiger partial charge in [0.15, 0.2) is 0 Å². The van der Waals surface area contributed by atoms with Crippen LogP contribution in [0.1, 0.15) is 44.9 Å². The first kappa shape index (κ1) is 18.9. The number of anilines is 1. The molecular formula is C19H18F3N3O2. The van der Waals surface area contributed by atoms with E-state index in [4.69, 9.17) is 0 Å². The van der Waals surface area contributed by atoms with Crippen LogP contribution in [0.25, 0.3) is 0 Å².